The molecule has 2 N–H and O–H groups in total. The number of aromatic nitrogens is 1. The number of benzene rings is 1. The molecule has 0 aliphatic rings. The summed E-state index contributed by atoms with van der Waals surface area (Å²) in [7, 11) is 1.63. The van der Waals surface area contributed by atoms with Crippen LogP contribution in [0.3, 0.4) is 0 Å². The molecular formula is C14H11BrN2O2S. The van der Waals surface area contributed by atoms with Crippen molar-refractivity contribution in [3.63, 3.8) is 0 Å². The zero-order valence-corrected chi connectivity index (χ0v) is 13.0. The van der Waals surface area contributed by atoms with Gasteiger partial charge in [0.15, 0.2) is 11.6 Å². The highest BCUT2D eigenvalue weighted by atomic mass is 79.9. The largest absolute Gasteiger partial charge is 0.495 e. The average molecular weight is 351 g/mol. The van der Waals surface area contributed by atoms with E-state index in [1.54, 1.807) is 7.11 Å². The van der Waals surface area contributed by atoms with Crippen LogP contribution in [-0.2, 0) is 0 Å². The highest BCUT2D eigenvalue weighted by molar-refractivity contribution is 9.10. The maximum Gasteiger partial charge on any atom is 0.190 e. The highest BCUT2D eigenvalue weighted by Crippen LogP contribution is 2.44. The summed E-state index contributed by atoms with van der Waals surface area (Å²) in [6.07, 6.45) is 0. The average Bonchev–Trinajstić information content (AvgIpc) is 3.05. The molecule has 0 aliphatic carbocycles. The van der Waals surface area contributed by atoms with Gasteiger partial charge in [0.2, 0.25) is 0 Å². The Hall–Kier alpha value is -1.79. The summed E-state index contributed by atoms with van der Waals surface area (Å²) >= 11 is 5.06. The van der Waals surface area contributed by atoms with E-state index in [1.807, 2.05) is 35.7 Å². The van der Waals surface area contributed by atoms with Crippen LogP contribution >= 0.6 is 27.3 Å². The highest BCUT2D eigenvalue weighted by Gasteiger charge is 2.22. The van der Waals surface area contributed by atoms with Crippen LogP contribution in [0.15, 0.2) is 44.7 Å². The lowest BCUT2D eigenvalue weighted by molar-refractivity contribution is 0.409. The summed E-state index contributed by atoms with van der Waals surface area (Å²) in [6, 6.07) is 9.71. The van der Waals surface area contributed by atoms with Gasteiger partial charge in [0, 0.05) is 10.0 Å². The number of rotatable bonds is 3. The van der Waals surface area contributed by atoms with E-state index >= 15 is 0 Å². The van der Waals surface area contributed by atoms with Crippen LogP contribution in [0.25, 0.3) is 21.8 Å². The smallest absolute Gasteiger partial charge is 0.190 e. The number of thiophene rings is 1. The third kappa shape index (κ3) is 2.10. The Kier molecular flexibility index (Phi) is 3.50. The molecule has 0 aliphatic heterocycles. The second kappa shape index (κ2) is 5.30. The van der Waals surface area contributed by atoms with Crippen molar-refractivity contribution < 1.29 is 9.26 Å². The number of methoxy groups -OCH3 is 1. The predicted molar refractivity (Wildman–Crippen MR) is 83.9 cm³/mol. The molecule has 6 heteroatoms. The lowest BCUT2D eigenvalue weighted by Crippen LogP contribution is -1.90. The number of nitrogens with zero attached hydrogens (tertiary/aromatic N) is 1. The van der Waals surface area contributed by atoms with Gasteiger partial charge in [-0.2, -0.15) is 0 Å². The summed E-state index contributed by atoms with van der Waals surface area (Å²) in [6.45, 7) is 0. The van der Waals surface area contributed by atoms with Crippen LogP contribution in [0, 0.1) is 0 Å². The number of ether oxygens (including phenoxy) is 1. The van der Waals surface area contributed by atoms with E-state index in [2.05, 4.69) is 21.1 Å². The Morgan fingerprint density at radius 1 is 1.30 bits per heavy atom. The number of nitrogens with two attached hydrogens (primary N) is 1. The zero-order valence-electron chi connectivity index (χ0n) is 10.6. The van der Waals surface area contributed by atoms with Crippen molar-refractivity contribution in [1.82, 2.24) is 5.16 Å². The normalized spacial score (nSPS) is 10.7. The van der Waals surface area contributed by atoms with Crippen molar-refractivity contribution in [2.45, 2.75) is 0 Å². The topological polar surface area (TPSA) is 61.3 Å². The van der Waals surface area contributed by atoms with Gasteiger partial charge in [0.05, 0.1) is 12.7 Å². The molecule has 0 radical (unpaired) electrons. The first-order chi connectivity index (χ1) is 9.72. The summed E-state index contributed by atoms with van der Waals surface area (Å²) in [5.74, 6) is 1.74. The van der Waals surface area contributed by atoms with Crippen LogP contribution in [0.1, 0.15) is 0 Å². The minimum absolute atomic E-state index is 0.363. The second-order valence-corrected chi connectivity index (χ2v) is 5.84. The molecule has 0 unspecified atom stereocenters. The Balaban J connectivity index is 2.23. The van der Waals surface area contributed by atoms with Crippen molar-refractivity contribution in [3.05, 3.63) is 40.2 Å². The Morgan fingerprint density at radius 3 is 2.85 bits per heavy atom. The fourth-order valence-electron chi connectivity index (χ4n) is 2.01. The van der Waals surface area contributed by atoms with Gasteiger partial charge in [-0.05, 0) is 17.5 Å². The van der Waals surface area contributed by atoms with Gasteiger partial charge in [-0.15, -0.1) is 11.3 Å². The van der Waals surface area contributed by atoms with Crippen LogP contribution < -0.4 is 10.5 Å². The molecule has 3 rings (SSSR count). The van der Waals surface area contributed by atoms with Gasteiger partial charge in [-0.1, -0.05) is 39.3 Å². The molecule has 0 saturated heterocycles. The van der Waals surface area contributed by atoms with Crippen LogP contribution in [0.5, 0.6) is 5.75 Å². The van der Waals surface area contributed by atoms with E-state index < -0.39 is 0 Å². The van der Waals surface area contributed by atoms with Gasteiger partial charge < -0.3 is 15.0 Å². The molecule has 0 atom stereocenters. The molecule has 3 aromatic rings. The summed E-state index contributed by atoms with van der Waals surface area (Å²) in [5.41, 5.74) is 7.70. The number of halogens is 1. The Morgan fingerprint density at radius 2 is 2.10 bits per heavy atom. The fourth-order valence-corrected chi connectivity index (χ4v) is 3.33. The first-order valence-corrected chi connectivity index (χ1v) is 7.51. The molecule has 2 heterocycles. The van der Waals surface area contributed by atoms with Gasteiger partial charge in [-0.3, -0.25) is 0 Å². The molecule has 0 bridgehead atoms. The summed E-state index contributed by atoms with van der Waals surface area (Å²) in [4.78, 5) is 0.877. The molecule has 0 amide bonds. The van der Waals surface area contributed by atoms with Crippen molar-refractivity contribution in [1.29, 1.82) is 0 Å². The number of hydrogen-bond donors (Lipinski definition) is 1. The van der Waals surface area contributed by atoms with Crippen LogP contribution in [-0.4, -0.2) is 12.3 Å². The van der Waals surface area contributed by atoms with Crippen LogP contribution in [0.4, 0.5) is 5.82 Å². The summed E-state index contributed by atoms with van der Waals surface area (Å²) < 4.78 is 11.7. The van der Waals surface area contributed by atoms with E-state index in [0.29, 0.717) is 11.6 Å². The first-order valence-electron chi connectivity index (χ1n) is 5.84. The molecule has 2 aromatic heterocycles. The monoisotopic (exact) mass is 350 g/mol. The quantitative estimate of drug-likeness (QED) is 0.759. The molecule has 102 valence electrons. The molecule has 4 nitrogen and oxygen atoms in total. The molecule has 0 spiro atoms. The van der Waals surface area contributed by atoms with Crippen molar-refractivity contribution in [3.8, 4) is 27.5 Å². The lowest BCUT2D eigenvalue weighted by atomic mass is 10.1. The van der Waals surface area contributed by atoms with Crippen LogP contribution in [0.2, 0.25) is 0 Å². The van der Waals surface area contributed by atoms with Gasteiger partial charge >= 0.3 is 0 Å². The first kappa shape index (κ1) is 13.2. The standard InChI is InChI=1S/C14H11BrN2O2S/c1-18-10-6-7-20-13(10)12-11(14(16)17-19-12)8-4-2-3-5-9(8)15/h2-7H,1H3,(H2,16,17). The van der Waals surface area contributed by atoms with Crippen molar-refractivity contribution in [2.24, 2.45) is 0 Å². The van der Waals surface area contributed by atoms with Crippen molar-refractivity contribution >= 4 is 33.1 Å². The predicted octanol–water partition coefficient (Wildman–Crippen LogP) is 4.42. The maximum absolute atomic E-state index is 5.98. The molecule has 0 saturated carbocycles. The van der Waals surface area contributed by atoms with Gasteiger partial charge in [-0.25, -0.2) is 0 Å². The minimum Gasteiger partial charge on any atom is -0.495 e. The third-order valence-corrected chi connectivity index (χ3v) is 4.50. The fraction of sp³-hybridized carbons (Fsp3) is 0.0714. The Labute approximate surface area is 128 Å². The molecular weight excluding hydrogens is 340 g/mol. The summed E-state index contributed by atoms with van der Waals surface area (Å²) in [5, 5.41) is 5.84. The molecule has 1 aromatic carbocycles. The lowest BCUT2D eigenvalue weighted by Gasteiger charge is -2.05. The number of anilines is 1. The number of hydrogen-bond acceptors (Lipinski definition) is 5. The SMILES string of the molecule is COc1ccsc1-c1onc(N)c1-c1ccccc1Br. The Bertz CT molecular complexity index is 751. The van der Waals surface area contributed by atoms with Crippen molar-refractivity contribution in [2.75, 3.05) is 12.8 Å². The van der Waals surface area contributed by atoms with E-state index in [0.717, 1.165) is 26.2 Å². The molecule has 20 heavy (non-hydrogen) atoms. The third-order valence-electron chi connectivity index (χ3n) is 2.92. The maximum atomic E-state index is 5.98. The van der Waals surface area contributed by atoms with Gasteiger partial charge in [0.1, 0.15) is 10.6 Å². The van der Waals surface area contributed by atoms with E-state index in [4.69, 9.17) is 15.0 Å². The number of nitrogen functional groups attached to an aromatic ring is 1. The zero-order chi connectivity index (χ0) is 14.1. The minimum atomic E-state index is 0.363. The van der Waals surface area contributed by atoms with E-state index in [-0.39, 0.29) is 0 Å². The van der Waals surface area contributed by atoms with E-state index in [9.17, 15) is 0 Å². The van der Waals surface area contributed by atoms with Gasteiger partial charge in [0.25, 0.3) is 0 Å². The molecule has 0 fully saturated rings. The van der Waals surface area contributed by atoms with E-state index in [1.165, 1.54) is 11.3 Å². The second-order valence-electron chi connectivity index (χ2n) is 4.07.